The Morgan fingerprint density at radius 3 is 2.55 bits per heavy atom. The molecule has 0 aliphatic carbocycles. The van der Waals surface area contributed by atoms with E-state index in [0.717, 1.165) is 10.5 Å². The molecular weight excluding hydrogens is 426 g/mol. The van der Waals surface area contributed by atoms with Gasteiger partial charge in [-0.15, -0.1) is 0 Å². The Balaban J connectivity index is 1.69. The molecule has 1 saturated heterocycles. The third-order valence-corrected chi connectivity index (χ3v) is 5.30. The number of halogens is 2. The molecular formula is C25H24F2N4O2. The van der Waals surface area contributed by atoms with Gasteiger partial charge in [0, 0.05) is 24.4 Å². The first-order valence-corrected chi connectivity index (χ1v) is 10.4. The molecule has 1 atom stereocenters. The number of amides is 2. The lowest BCUT2D eigenvalue weighted by Gasteiger charge is -2.19. The van der Waals surface area contributed by atoms with Crippen LogP contribution in [0.3, 0.4) is 0 Å². The summed E-state index contributed by atoms with van der Waals surface area (Å²) in [6, 6.07) is 9.77. The number of alkyl halides is 2. The maximum absolute atomic E-state index is 13.6. The Kier molecular flexibility index (Phi) is 6.78. The third-order valence-electron chi connectivity index (χ3n) is 5.30. The van der Waals surface area contributed by atoms with Crippen molar-refractivity contribution < 1.29 is 18.4 Å². The van der Waals surface area contributed by atoms with Crippen LogP contribution in [0, 0.1) is 23.2 Å². The van der Waals surface area contributed by atoms with Crippen molar-refractivity contribution in [3.63, 3.8) is 0 Å². The van der Waals surface area contributed by atoms with Gasteiger partial charge in [0.05, 0.1) is 30.3 Å². The van der Waals surface area contributed by atoms with E-state index in [1.807, 2.05) is 24.3 Å². The monoisotopic (exact) mass is 450 g/mol. The summed E-state index contributed by atoms with van der Waals surface area (Å²) in [5, 5.41) is 11.5. The Hall–Kier alpha value is -3.78. The van der Waals surface area contributed by atoms with Gasteiger partial charge in [-0.25, -0.2) is 8.78 Å². The zero-order chi connectivity index (χ0) is 24.2. The number of rotatable bonds is 3. The molecule has 1 aromatic carbocycles. The van der Waals surface area contributed by atoms with Crippen molar-refractivity contribution in [3.8, 4) is 17.9 Å². The number of carbonyl (C=O) groups is 2. The Labute approximate surface area is 191 Å². The molecule has 2 aromatic rings. The number of nitrogens with one attached hydrogen (secondary N) is 1. The maximum Gasteiger partial charge on any atom is 0.268 e. The van der Waals surface area contributed by atoms with Crippen LogP contribution >= 0.6 is 0 Å². The molecule has 2 heterocycles. The number of likely N-dealkylation sites (tertiary alicyclic amines) is 1. The first-order chi connectivity index (χ1) is 15.5. The lowest BCUT2D eigenvalue weighted by atomic mass is 9.87. The van der Waals surface area contributed by atoms with Crippen LogP contribution in [0.2, 0.25) is 0 Å². The van der Waals surface area contributed by atoms with Gasteiger partial charge in [-0.1, -0.05) is 44.7 Å². The number of aromatic nitrogens is 1. The second-order valence-corrected chi connectivity index (χ2v) is 8.91. The van der Waals surface area contributed by atoms with Gasteiger partial charge in [0.25, 0.3) is 11.8 Å². The normalized spacial score (nSPS) is 17.0. The van der Waals surface area contributed by atoms with Crippen molar-refractivity contribution in [2.45, 2.75) is 44.6 Å². The van der Waals surface area contributed by atoms with Crippen LogP contribution in [-0.4, -0.2) is 46.8 Å². The number of hydrogen-bond acceptors (Lipinski definition) is 4. The van der Waals surface area contributed by atoms with Crippen molar-refractivity contribution in [2.24, 2.45) is 0 Å². The standard InChI is InChI=1S/C25H24F2N4O2/c1-24(2,3)19-8-5-17(6-9-19)4-7-18-14-29-11-10-21(18)23(33)30-15-22(32)31-16-25(26,27)12-20(31)13-28/h5-6,8-11,14,20H,12,15-16H2,1-3H3,(H,30,33)/t20-/m0/s1. The molecule has 3 rings (SSSR count). The van der Waals surface area contributed by atoms with Crippen LogP contribution in [-0.2, 0) is 10.2 Å². The minimum absolute atomic E-state index is 0.0240. The van der Waals surface area contributed by atoms with E-state index >= 15 is 0 Å². The number of carbonyl (C=O) groups excluding carboxylic acids is 2. The number of nitrogens with zero attached hydrogens (tertiary/aromatic N) is 3. The fraction of sp³-hybridized carbons (Fsp3) is 0.360. The van der Waals surface area contributed by atoms with Crippen molar-refractivity contribution in [3.05, 3.63) is 65.0 Å². The van der Waals surface area contributed by atoms with E-state index in [1.165, 1.54) is 24.0 Å². The molecule has 2 amide bonds. The zero-order valence-corrected chi connectivity index (χ0v) is 18.7. The van der Waals surface area contributed by atoms with Crippen molar-refractivity contribution in [1.82, 2.24) is 15.2 Å². The lowest BCUT2D eigenvalue weighted by Crippen LogP contribution is -2.43. The van der Waals surface area contributed by atoms with Gasteiger partial charge >= 0.3 is 0 Å². The van der Waals surface area contributed by atoms with Gasteiger partial charge in [0.15, 0.2) is 0 Å². The third kappa shape index (κ3) is 5.93. The van der Waals surface area contributed by atoms with Crippen LogP contribution in [0.1, 0.15) is 54.2 Å². The molecule has 1 fully saturated rings. The van der Waals surface area contributed by atoms with E-state index in [2.05, 4.69) is 42.9 Å². The topological polar surface area (TPSA) is 86.1 Å². The molecule has 1 aromatic heterocycles. The van der Waals surface area contributed by atoms with Gasteiger partial charge in [-0.2, -0.15) is 5.26 Å². The summed E-state index contributed by atoms with van der Waals surface area (Å²) >= 11 is 0. The van der Waals surface area contributed by atoms with Crippen molar-refractivity contribution in [1.29, 1.82) is 5.26 Å². The Morgan fingerprint density at radius 1 is 1.21 bits per heavy atom. The minimum atomic E-state index is -3.11. The van der Waals surface area contributed by atoms with Crippen LogP contribution in [0.15, 0.2) is 42.7 Å². The highest BCUT2D eigenvalue weighted by atomic mass is 19.3. The predicted molar refractivity (Wildman–Crippen MR) is 118 cm³/mol. The molecule has 0 saturated carbocycles. The summed E-state index contributed by atoms with van der Waals surface area (Å²) in [7, 11) is 0. The molecule has 1 aliphatic rings. The van der Waals surface area contributed by atoms with Gasteiger partial charge < -0.3 is 10.2 Å². The molecule has 6 nitrogen and oxygen atoms in total. The summed E-state index contributed by atoms with van der Waals surface area (Å²) in [6.45, 7) is 5.02. The highest BCUT2D eigenvalue weighted by molar-refractivity contribution is 5.98. The highest BCUT2D eigenvalue weighted by Gasteiger charge is 2.47. The Morgan fingerprint density at radius 2 is 1.91 bits per heavy atom. The largest absolute Gasteiger partial charge is 0.343 e. The summed E-state index contributed by atoms with van der Waals surface area (Å²) in [4.78, 5) is 29.8. The molecule has 8 heteroatoms. The first kappa shape index (κ1) is 23.9. The van der Waals surface area contributed by atoms with Crippen molar-refractivity contribution in [2.75, 3.05) is 13.1 Å². The maximum atomic E-state index is 13.6. The minimum Gasteiger partial charge on any atom is -0.343 e. The quantitative estimate of drug-likeness (QED) is 0.728. The molecule has 0 unspecified atom stereocenters. The van der Waals surface area contributed by atoms with E-state index in [9.17, 15) is 18.4 Å². The fourth-order valence-electron chi connectivity index (χ4n) is 3.43. The SMILES string of the molecule is CC(C)(C)c1ccc(C#Cc2cnccc2C(=O)NCC(=O)N2CC(F)(F)C[C@H]2C#N)cc1. The number of pyridine rings is 1. The van der Waals surface area contributed by atoms with Gasteiger partial charge in [-0.05, 0) is 29.2 Å². The van der Waals surface area contributed by atoms with Gasteiger partial charge in [0.1, 0.15) is 6.04 Å². The molecule has 0 spiro atoms. The number of hydrogen-bond donors (Lipinski definition) is 1. The van der Waals surface area contributed by atoms with E-state index in [1.54, 1.807) is 6.07 Å². The van der Waals surface area contributed by atoms with E-state index in [0.29, 0.717) is 5.56 Å². The smallest absolute Gasteiger partial charge is 0.268 e. The summed E-state index contributed by atoms with van der Waals surface area (Å²) in [5.74, 6) is 1.49. The first-order valence-electron chi connectivity index (χ1n) is 10.4. The summed E-state index contributed by atoms with van der Waals surface area (Å²) < 4.78 is 27.1. The average molecular weight is 450 g/mol. The second-order valence-electron chi connectivity index (χ2n) is 8.91. The van der Waals surface area contributed by atoms with Crippen molar-refractivity contribution >= 4 is 11.8 Å². The molecule has 0 bridgehead atoms. The molecule has 33 heavy (non-hydrogen) atoms. The van der Waals surface area contributed by atoms with Crippen LogP contribution in [0.25, 0.3) is 0 Å². The van der Waals surface area contributed by atoms with Crippen LogP contribution in [0.4, 0.5) is 8.78 Å². The molecule has 1 N–H and O–H groups in total. The lowest BCUT2D eigenvalue weighted by molar-refractivity contribution is -0.131. The van der Waals surface area contributed by atoms with Gasteiger partial charge in [-0.3, -0.25) is 14.6 Å². The van der Waals surface area contributed by atoms with E-state index < -0.39 is 43.3 Å². The van der Waals surface area contributed by atoms with E-state index in [-0.39, 0.29) is 11.0 Å². The number of nitriles is 1. The molecule has 1 aliphatic heterocycles. The summed E-state index contributed by atoms with van der Waals surface area (Å²) in [6.07, 6.45) is 2.16. The van der Waals surface area contributed by atoms with Crippen LogP contribution in [0.5, 0.6) is 0 Å². The average Bonchev–Trinajstić information content (AvgIpc) is 3.10. The van der Waals surface area contributed by atoms with Gasteiger partial charge in [0.2, 0.25) is 5.91 Å². The van der Waals surface area contributed by atoms with Crippen LogP contribution < -0.4 is 5.32 Å². The Bertz CT molecular complexity index is 1150. The zero-order valence-electron chi connectivity index (χ0n) is 18.7. The highest BCUT2D eigenvalue weighted by Crippen LogP contribution is 2.31. The predicted octanol–water partition coefficient (Wildman–Crippen LogP) is 3.27. The second kappa shape index (κ2) is 9.38. The molecule has 0 radical (unpaired) electrons. The molecule has 170 valence electrons. The fourth-order valence-corrected chi connectivity index (χ4v) is 3.43. The van der Waals surface area contributed by atoms with E-state index in [4.69, 9.17) is 5.26 Å². The summed E-state index contributed by atoms with van der Waals surface area (Å²) in [5.41, 5.74) is 2.54. The number of benzene rings is 1.